The van der Waals surface area contributed by atoms with Crippen molar-refractivity contribution in [2.24, 2.45) is 0 Å². The monoisotopic (exact) mass is 427 g/mol. The summed E-state index contributed by atoms with van der Waals surface area (Å²) in [6.07, 6.45) is -0.642. The fourth-order valence-electron chi connectivity index (χ4n) is 3.83. The van der Waals surface area contributed by atoms with E-state index in [9.17, 15) is 14.3 Å². The average molecular weight is 427 g/mol. The molecule has 4 rings (SSSR count). The van der Waals surface area contributed by atoms with Gasteiger partial charge in [-0.25, -0.2) is 4.39 Å². The first-order chi connectivity index (χ1) is 15.0. The number of fused-ring (bicyclic) bond motifs is 1. The van der Waals surface area contributed by atoms with Gasteiger partial charge in [0, 0.05) is 25.3 Å². The van der Waals surface area contributed by atoms with E-state index in [0.717, 1.165) is 0 Å². The molecule has 31 heavy (non-hydrogen) atoms. The summed E-state index contributed by atoms with van der Waals surface area (Å²) in [6.45, 7) is 0.158. The Morgan fingerprint density at radius 2 is 1.87 bits per heavy atom. The SMILES string of the molecule is COc1cc(C2c3c(-c4ccc(F)cc4)n[nH]c3C(=O)N2CC(OC)OC)ccc1O. The molecule has 1 amide bonds. The molecule has 2 aromatic carbocycles. The number of hydrogen-bond donors (Lipinski definition) is 2. The maximum absolute atomic E-state index is 13.5. The Balaban J connectivity index is 1.87. The molecule has 0 spiro atoms. The third kappa shape index (κ3) is 3.62. The second kappa shape index (κ2) is 8.37. The predicted octanol–water partition coefficient (Wildman–Crippen LogP) is 3.09. The van der Waals surface area contributed by atoms with Crippen LogP contribution in [-0.4, -0.2) is 60.3 Å². The number of ether oxygens (including phenoxy) is 3. The largest absolute Gasteiger partial charge is 0.504 e. The van der Waals surface area contributed by atoms with E-state index in [1.165, 1.54) is 39.5 Å². The zero-order chi connectivity index (χ0) is 22.1. The van der Waals surface area contributed by atoms with Crippen LogP contribution in [0.25, 0.3) is 11.3 Å². The highest BCUT2D eigenvalue weighted by Crippen LogP contribution is 2.44. The molecule has 0 aliphatic carbocycles. The van der Waals surface area contributed by atoms with Crippen LogP contribution in [0.1, 0.15) is 27.7 Å². The lowest BCUT2D eigenvalue weighted by Crippen LogP contribution is -2.38. The zero-order valence-corrected chi connectivity index (χ0v) is 17.3. The number of carbonyl (C=O) groups excluding carboxylic acids is 1. The number of phenols is 1. The van der Waals surface area contributed by atoms with Gasteiger partial charge in [0.25, 0.3) is 5.91 Å². The number of aromatic amines is 1. The minimum Gasteiger partial charge on any atom is -0.504 e. The molecule has 1 atom stereocenters. The Kier molecular flexibility index (Phi) is 5.62. The third-order valence-electron chi connectivity index (χ3n) is 5.37. The number of nitrogens with one attached hydrogen (secondary N) is 1. The van der Waals surface area contributed by atoms with Crippen molar-refractivity contribution in [3.8, 4) is 22.8 Å². The highest BCUT2D eigenvalue weighted by atomic mass is 19.1. The smallest absolute Gasteiger partial charge is 0.273 e. The second-order valence-electron chi connectivity index (χ2n) is 7.06. The quantitative estimate of drug-likeness (QED) is 0.563. The van der Waals surface area contributed by atoms with E-state index >= 15 is 0 Å². The lowest BCUT2D eigenvalue weighted by Gasteiger charge is -2.29. The Labute approximate surface area is 178 Å². The van der Waals surface area contributed by atoms with Crippen LogP contribution < -0.4 is 4.74 Å². The summed E-state index contributed by atoms with van der Waals surface area (Å²) >= 11 is 0. The molecule has 9 heteroatoms. The van der Waals surface area contributed by atoms with Crippen molar-refractivity contribution in [1.82, 2.24) is 15.1 Å². The van der Waals surface area contributed by atoms with Crippen LogP contribution in [0.4, 0.5) is 4.39 Å². The van der Waals surface area contributed by atoms with Gasteiger partial charge < -0.3 is 24.2 Å². The summed E-state index contributed by atoms with van der Waals surface area (Å²) in [7, 11) is 4.45. The summed E-state index contributed by atoms with van der Waals surface area (Å²) in [5, 5.41) is 17.2. The first kappa shape index (κ1) is 20.8. The van der Waals surface area contributed by atoms with Gasteiger partial charge in [0.2, 0.25) is 0 Å². The second-order valence-corrected chi connectivity index (χ2v) is 7.06. The van der Waals surface area contributed by atoms with Crippen molar-refractivity contribution in [1.29, 1.82) is 0 Å². The number of carbonyl (C=O) groups is 1. The Morgan fingerprint density at radius 3 is 2.52 bits per heavy atom. The molecule has 2 heterocycles. The van der Waals surface area contributed by atoms with Gasteiger partial charge in [0.1, 0.15) is 11.5 Å². The summed E-state index contributed by atoms with van der Waals surface area (Å²) in [6, 6.07) is 10.3. The molecule has 1 aliphatic heterocycles. The standard InChI is InChI=1S/C22H22FN3O5/c1-29-16-10-13(6-9-15(16)27)21-18-19(12-4-7-14(23)8-5-12)24-25-20(18)22(28)26(21)11-17(30-2)31-3/h4-10,17,21,27H,11H2,1-3H3,(H,24,25). The molecule has 2 N–H and O–H groups in total. The first-order valence-electron chi connectivity index (χ1n) is 9.56. The molecule has 0 saturated carbocycles. The first-order valence-corrected chi connectivity index (χ1v) is 9.56. The van der Waals surface area contributed by atoms with Gasteiger partial charge in [-0.2, -0.15) is 5.10 Å². The van der Waals surface area contributed by atoms with E-state index in [0.29, 0.717) is 28.1 Å². The number of amides is 1. The maximum atomic E-state index is 13.5. The molecular formula is C22H22FN3O5. The molecule has 0 bridgehead atoms. The number of aromatic hydroxyl groups is 1. The van der Waals surface area contributed by atoms with Crippen molar-refractivity contribution in [3.05, 3.63) is 65.1 Å². The normalized spacial score (nSPS) is 15.6. The number of benzene rings is 2. The van der Waals surface area contributed by atoms with E-state index < -0.39 is 12.3 Å². The lowest BCUT2D eigenvalue weighted by atomic mass is 9.95. The maximum Gasteiger partial charge on any atom is 0.273 e. The van der Waals surface area contributed by atoms with Crippen LogP contribution in [0.2, 0.25) is 0 Å². The molecule has 1 aromatic heterocycles. The molecule has 3 aromatic rings. The average Bonchev–Trinajstić information content (AvgIpc) is 3.32. The number of halogens is 1. The molecule has 1 aliphatic rings. The van der Waals surface area contributed by atoms with E-state index in [-0.39, 0.29) is 29.8 Å². The number of methoxy groups -OCH3 is 3. The van der Waals surface area contributed by atoms with Crippen LogP contribution in [0.3, 0.4) is 0 Å². The topological polar surface area (TPSA) is 96.9 Å². The van der Waals surface area contributed by atoms with Crippen LogP contribution >= 0.6 is 0 Å². The van der Waals surface area contributed by atoms with Crippen molar-refractivity contribution < 1.29 is 28.5 Å². The van der Waals surface area contributed by atoms with E-state index in [2.05, 4.69) is 10.2 Å². The summed E-state index contributed by atoms with van der Waals surface area (Å²) in [5.74, 6) is -0.372. The van der Waals surface area contributed by atoms with Gasteiger partial charge in [0.05, 0.1) is 25.4 Å². The predicted molar refractivity (Wildman–Crippen MR) is 109 cm³/mol. The molecular weight excluding hydrogens is 405 g/mol. The fraction of sp³-hybridized carbons (Fsp3) is 0.273. The van der Waals surface area contributed by atoms with Gasteiger partial charge in [0.15, 0.2) is 17.8 Å². The Bertz CT molecular complexity index is 1100. The summed E-state index contributed by atoms with van der Waals surface area (Å²) in [5.41, 5.74) is 2.89. The van der Waals surface area contributed by atoms with E-state index in [1.54, 1.807) is 29.2 Å². The fourth-order valence-corrected chi connectivity index (χ4v) is 3.83. The minimum atomic E-state index is -0.642. The third-order valence-corrected chi connectivity index (χ3v) is 5.37. The molecule has 0 saturated heterocycles. The highest BCUT2D eigenvalue weighted by Gasteiger charge is 2.43. The molecule has 0 fully saturated rings. The van der Waals surface area contributed by atoms with Crippen LogP contribution in [0.5, 0.6) is 11.5 Å². The summed E-state index contributed by atoms with van der Waals surface area (Å²) < 4.78 is 29.3. The number of nitrogens with zero attached hydrogens (tertiary/aromatic N) is 2. The zero-order valence-electron chi connectivity index (χ0n) is 17.3. The van der Waals surface area contributed by atoms with Gasteiger partial charge in [-0.15, -0.1) is 0 Å². The Hall–Kier alpha value is -3.43. The lowest BCUT2D eigenvalue weighted by molar-refractivity contribution is -0.113. The molecule has 8 nitrogen and oxygen atoms in total. The van der Waals surface area contributed by atoms with Crippen LogP contribution in [0.15, 0.2) is 42.5 Å². The van der Waals surface area contributed by atoms with Gasteiger partial charge in [-0.3, -0.25) is 9.89 Å². The Morgan fingerprint density at radius 1 is 1.16 bits per heavy atom. The van der Waals surface area contributed by atoms with Crippen molar-refractivity contribution in [2.45, 2.75) is 12.3 Å². The number of rotatable bonds is 7. The van der Waals surface area contributed by atoms with Gasteiger partial charge >= 0.3 is 0 Å². The minimum absolute atomic E-state index is 0.0139. The molecule has 0 radical (unpaired) electrons. The molecule has 1 unspecified atom stereocenters. The van der Waals surface area contributed by atoms with Crippen molar-refractivity contribution >= 4 is 5.91 Å². The number of aromatic nitrogens is 2. The van der Waals surface area contributed by atoms with Gasteiger partial charge in [-0.1, -0.05) is 6.07 Å². The van der Waals surface area contributed by atoms with Crippen molar-refractivity contribution in [2.75, 3.05) is 27.9 Å². The number of phenolic OH excluding ortho intramolecular Hbond substituents is 1. The molecule has 162 valence electrons. The van der Waals surface area contributed by atoms with E-state index in [1.807, 2.05) is 0 Å². The number of hydrogen-bond acceptors (Lipinski definition) is 6. The van der Waals surface area contributed by atoms with Crippen molar-refractivity contribution in [3.63, 3.8) is 0 Å². The van der Waals surface area contributed by atoms with Crippen LogP contribution in [-0.2, 0) is 9.47 Å². The van der Waals surface area contributed by atoms with Crippen LogP contribution in [0, 0.1) is 5.82 Å². The number of H-pyrrole nitrogens is 1. The summed E-state index contributed by atoms with van der Waals surface area (Å²) in [4.78, 5) is 14.9. The van der Waals surface area contributed by atoms with Gasteiger partial charge in [-0.05, 0) is 42.0 Å². The van der Waals surface area contributed by atoms with E-state index in [4.69, 9.17) is 14.2 Å². The highest BCUT2D eigenvalue weighted by molar-refractivity contribution is 6.00.